The molecule has 10 heteroatoms. The number of aromatic hydroxyl groups is 1. The quantitative estimate of drug-likeness (QED) is 0.438. The maximum Gasteiger partial charge on any atom is 0.251 e. The van der Waals surface area contributed by atoms with Gasteiger partial charge < -0.3 is 20.5 Å². The van der Waals surface area contributed by atoms with Crippen molar-refractivity contribution in [3.63, 3.8) is 0 Å². The number of phenolic OH excluding ortho intramolecular Hbond substituents is 1. The van der Waals surface area contributed by atoms with Crippen LogP contribution in [0.25, 0.3) is 0 Å². The molecule has 3 N–H and O–H groups in total. The highest BCUT2D eigenvalue weighted by molar-refractivity contribution is 7.89. The van der Waals surface area contributed by atoms with E-state index in [9.17, 15) is 23.1 Å². The van der Waals surface area contributed by atoms with Crippen molar-refractivity contribution in [2.45, 2.75) is 25.2 Å². The van der Waals surface area contributed by atoms with Gasteiger partial charge >= 0.3 is 0 Å². The minimum Gasteiger partial charge on any atom is -0.508 e. The number of nitrogens with zero attached hydrogens (tertiary/aromatic N) is 1. The molecule has 0 unspecified atom stereocenters. The molecular formula is C22H29N3O6S. The van der Waals surface area contributed by atoms with E-state index in [2.05, 4.69) is 10.6 Å². The lowest BCUT2D eigenvalue weighted by atomic mass is 10.2. The van der Waals surface area contributed by atoms with Gasteiger partial charge in [0.2, 0.25) is 10.0 Å². The van der Waals surface area contributed by atoms with E-state index in [4.69, 9.17) is 4.74 Å². The molecule has 174 valence electrons. The van der Waals surface area contributed by atoms with Crippen molar-refractivity contribution in [3.8, 4) is 11.5 Å². The van der Waals surface area contributed by atoms with Crippen molar-refractivity contribution >= 4 is 21.8 Å². The second kappa shape index (κ2) is 11.5. The number of hydrogen-bond acceptors (Lipinski definition) is 6. The third-order valence-corrected chi connectivity index (χ3v) is 6.85. The third kappa shape index (κ3) is 6.21. The largest absolute Gasteiger partial charge is 0.508 e. The number of carbonyl (C=O) groups excluding carboxylic acids is 2. The SMILES string of the molecule is CCN(CC)S(=O)(=O)c1cc(C(=O)NCCCNC(=O)c2cccc(O)c2)ccc1OC. The van der Waals surface area contributed by atoms with Gasteiger partial charge in [0.15, 0.2) is 0 Å². The van der Waals surface area contributed by atoms with Gasteiger partial charge in [-0.1, -0.05) is 19.9 Å². The summed E-state index contributed by atoms with van der Waals surface area (Å²) in [6, 6.07) is 10.3. The predicted molar refractivity (Wildman–Crippen MR) is 120 cm³/mol. The van der Waals surface area contributed by atoms with Crippen LogP contribution in [-0.4, -0.2) is 62.9 Å². The summed E-state index contributed by atoms with van der Waals surface area (Å²) in [6.45, 7) is 4.68. The Kier molecular flexibility index (Phi) is 9.03. The van der Waals surface area contributed by atoms with Gasteiger partial charge in [-0.05, 0) is 42.8 Å². The van der Waals surface area contributed by atoms with Crippen molar-refractivity contribution in [2.24, 2.45) is 0 Å². The van der Waals surface area contributed by atoms with Crippen LogP contribution in [0.3, 0.4) is 0 Å². The molecule has 2 rings (SSSR count). The van der Waals surface area contributed by atoms with Gasteiger partial charge in [0.05, 0.1) is 7.11 Å². The average molecular weight is 464 g/mol. The fourth-order valence-electron chi connectivity index (χ4n) is 3.07. The second-order valence-electron chi connectivity index (χ2n) is 6.87. The molecular weight excluding hydrogens is 434 g/mol. The van der Waals surface area contributed by atoms with Crippen LogP contribution in [0, 0.1) is 0 Å². The molecule has 0 aliphatic rings. The topological polar surface area (TPSA) is 125 Å². The summed E-state index contributed by atoms with van der Waals surface area (Å²) in [5, 5.41) is 14.8. The maximum atomic E-state index is 12.9. The molecule has 0 atom stereocenters. The number of ether oxygens (including phenoxy) is 1. The van der Waals surface area contributed by atoms with E-state index in [0.29, 0.717) is 31.6 Å². The summed E-state index contributed by atoms with van der Waals surface area (Å²) >= 11 is 0. The zero-order valence-electron chi connectivity index (χ0n) is 18.4. The molecule has 2 aromatic rings. The molecule has 32 heavy (non-hydrogen) atoms. The van der Waals surface area contributed by atoms with Gasteiger partial charge in [0.25, 0.3) is 11.8 Å². The van der Waals surface area contributed by atoms with Crippen LogP contribution >= 0.6 is 0 Å². The van der Waals surface area contributed by atoms with Gasteiger partial charge in [-0.2, -0.15) is 4.31 Å². The number of methoxy groups -OCH3 is 1. The van der Waals surface area contributed by atoms with Crippen molar-refractivity contribution in [1.82, 2.24) is 14.9 Å². The van der Waals surface area contributed by atoms with Crippen LogP contribution in [0.15, 0.2) is 47.4 Å². The molecule has 0 saturated heterocycles. The zero-order valence-corrected chi connectivity index (χ0v) is 19.2. The van der Waals surface area contributed by atoms with Crippen molar-refractivity contribution in [2.75, 3.05) is 33.3 Å². The number of nitrogens with one attached hydrogen (secondary N) is 2. The Morgan fingerprint density at radius 2 is 1.56 bits per heavy atom. The summed E-state index contributed by atoms with van der Waals surface area (Å²) in [5.74, 6) is -0.577. The summed E-state index contributed by atoms with van der Waals surface area (Å²) in [4.78, 5) is 24.5. The molecule has 0 bridgehead atoms. The normalized spacial score (nSPS) is 11.2. The number of benzene rings is 2. The smallest absolute Gasteiger partial charge is 0.251 e. The van der Waals surface area contributed by atoms with Crippen LogP contribution in [0.1, 0.15) is 41.0 Å². The molecule has 0 aromatic heterocycles. The number of sulfonamides is 1. The van der Waals surface area contributed by atoms with E-state index in [1.54, 1.807) is 26.0 Å². The first-order chi connectivity index (χ1) is 15.2. The molecule has 9 nitrogen and oxygen atoms in total. The molecule has 0 radical (unpaired) electrons. The molecule has 0 heterocycles. The Morgan fingerprint density at radius 1 is 0.969 bits per heavy atom. The van der Waals surface area contributed by atoms with E-state index < -0.39 is 15.9 Å². The number of phenols is 1. The van der Waals surface area contributed by atoms with Gasteiger partial charge in [0.1, 0.15) is 16.4 Å². The molecule has 0 aliphatic carbocycles. The first kappa shape index (κ1) is 25.2. The summed E-state index contributed by atoms with van der Waals surface area (Å²) in [7, 11) is -2.43. The Labute approximate surface area is 188 Å². The lowest BCUT2D eigenvalue weighted by Gasteiger charge is -2.20. The Balaban J connectivity index is 1.96. The molecule has 0 aliphatic heterocycles. The fourth-order valence-corrected chi connectivity index (χ4v) is 4.71. The van der Waals surface area contributed by atoms with Crippen molar-refractivity contribution < 1.29 is 27.9 Å². The van der Waals surface area contributed by atoms with Crippen LogP contribution in [-0.2, 0) is 10.0 Å². The second-order valence-corrected chi connectivity index (χ2v) is 8.78. The van der Waals surface area contributed by atoms with Gasteiger partial charge in [-0.3, -0.25) is 9.59 Å². The Bertz CT molecular complexity index is 1050. The highest BCUT2D eigenvalue weighted by Crippen LogP contribution is 2.27. The predicted octanol–water partition coefficient (Wildman–Crippen LogP) is 1.98. The first-order valence-electron chi connectivity index (χ1n) is 10.3. The summed E-state index contributed by atoms with van der Waals surface area (Å²) < 4.78 is 32.3. The summed E-state index contributed by atoms with van der Waals surface area (Å²) in [5.41, 5.74) is 0.537. The minimum absolute atomic E-state index is 0.00628. The van der Waals surface area contributed by atoms with Gasteiger partial charge in [0, 0.05) is 37.3 Å². The summed E-state index contributed by atoms with van der Waals surface area (Å²) in [6.07, 6.45) is 0.469. The minimum atomic E-state index is -3.81. The van der Waals surface area contributed by atoms with Gasteiger partial charge in [-0.15, -0.1) is 0 Å². The third-order valence-electron chi connectivity index (χ3n) is 4.78. The zero-order chi connectivity index (χ0) is 23.7. The van der Waals surface area contributed by atoms with E-state index in [0.717, 1.165) is 0 Å². The van der Waals surface area contributed by atoms with Crippen LogP contribution in [0.2, 0.25) is 0 Å². The lowest BCUT2D eigenvalue weighted by molar-refractivity contribution is 0.0951. The molecule has 0 fully saturated rings. The number of carbonyl (C=O) groups is 2. The van der Waals surface area contributed by atoms with Gasteiger partial charge in [-0.25, -0.2) is 8.42 Å². The number of amides is 2. The standard InChI is InChI=1S/C22H29N3O6S/c1-4-25(5-2)32(29,30)20-15-17(10-11-19(20)31-3)22(28)24-13-7-12-23-21(27)16-8-6-9-18(26)14-16/h6,8-11,14-15,26H,4-5,7,12-13H2,1-3H3,(H,23,27)(H,24,28). The van der Waals surface area contributed by atoms with E-state index in [1.807, 2.05) is 0 Å². The van der Waals surface area contributed by atoms with Crippen LogP contribution in [0.4, 0.5) is 0 Å². The Morgan fingerprint density at radius 3 is 2.09 bits per heavy atom. The number of hydrogen-bond donors (Lipinski definition) is 3. The van der Waals surface area contributed by atoms with Crippen LogP contribution < -0.4 is 15.4 Å². The molecule has 0 saturated carbocycles. The van der Waals surface area contributed by atoms with Crippen molar-refractivity contribution in [3.05, 3.63) is 53.6 Å². The number of rotatable bonds is 11. The molecule has 2 amide bonds. The monoisotopic (exact) mass is 463 g/mol. The lowest BCUT2D eigenvalue weighted by Crippen LogP contribution is -2.32. The maximum absolute atomic E-state index is 12.9. The highest BCUT2D eigenvalue weighted by atomic mass is 32.2. The van der Waals surface area contributed by atoms with Crippen molar-refractivity contribution in [1.29, 1.82) is 0 Å². The van der Waals surface area contributed by atoms with E-state index in [1.165, 1.54) is 41.7 Å². The first-order valence-corrected chi connectivity index (χ1v) is 11.7. The highest BCUT2D eigenvalue weighted by Gasteiger charge is 2.26. The molecule has 2 aromatic carbocycles. The van der Waals surface area contributed by atoms with E-state index in [-0.39, 0.29) is 34.4 Å². The van der Waals surface area contributed by atoms with Crippen LogP contribution in [0.5, 0.6) is 11.5 Å². The Hall–Kier alpha value is -3.11. The average Bonchev–Trinajstić information content (AvgIpc) is 2.78. The van der Waals surface area contributed by atoms with E-state index >= 15 is 0 Å². The molecule has 0 spiro atoms. The fraction of sp³-hybridized carbons (Fsp3) is 0.364.